The summed E-state index contributed by atoms with van der Waals surface area (Å²) in [6, 6.07) is 6.37. The second-order valence-corrected chi connectivity index (χ2v) is 7.10. The largest absolute Gasteiger partial charge is 0.396 e. The highest BCUT2D eigenvalue weighted by atomic mass is 35.5. The SMILES string of the molecule is CC(NC1CCCC1(C)CO)c1ccc(-n2cncn2)cc1Cl. The highest BCUT2D eigenvalue weighted by Gasteiger charge is 2.38. The van der Waals surface area contributed by atoms with Crippen molar-refractivity contribution in [3.63, 3.8) is 0 Å². The zero-order valence-electron chi connectivity index (χ0n) is 13.5. The first-order chi connectivity index (χ1) is 11.0. The van der Waals surface area contributed by atoms with Crippen molar-refractivity contribution in [2.45, 2.75) is 45.2 Å². The molecule has 1 aromatic heterocycles. The Morgan fingerprint density at radius 1 is 1.52 bits per heavy atom. The standard InChI is InChI=1S/C17H23ClN4O/c1-12(21-16-4-3-7-17(16,2)9-23)14-6-5-13(8-15(14)18)22-11-19-10-20-22/h5-6,8,10-12,16,21,23H,3-4,7,9H2,1-2H3. The molecule has 6 heteroatoms. The van der Waals surface area contributed by atoms with E-state index < -0.39 is 0 Å². The molecule has 5 nitrogen and oxygen atoms in total. The van der Waals surface area contributed by atoms with Crippen LogP contribution in [0, 0.1) is 5.41 Å². The molecular formula is C17H23ClN4O. The number of aliphatic hydroxyl groups is 1. The molecule has 0 spiro atoms. The average molecular weight is 335 g/mol. The minimum absolute atomic E-state index is 0.0403. The van der Waals surface area contributed by atoms with E-state index in [1.165, 1.54) is 6.33 Å². The van der Waals surface area contributed by atoms with Crippen molar-refractivity contribution >= 4 is 11.6 Å². The fraction of sp³-hybridized carbons (Fsp3) is 0.529. The van der Waals surface area contributed by atoms with E-state index in [2.05, 4.69) is 29.2 Å². The summed E-state index contributed by atoms with van der Waals surface area (Å²) in [4.78, 5) is 3.95. The summed E-state index contributed by atoms with van der Waals surface area (Å²) in [5.41, 5.74) is 1.91. The first kappa shape index (κ1) is 16.4. The van der Waals surface area contributed by atoms with Crippen molar-refractivity contribution in [1.82, 2.24) is 20.1 Å². The maximum atomic E-state index is 9.69. The van der Waals surface area contributed by atoms with Gasteiger partial charge in [-0.15, -0.1) is 0 Å². The number of benzene rings is 1. The van der Waals surface area contributed by atoms with E-state index in [0.717, 1.165) is 30.5 Å². The van der Waals surface area contributed by atoms with Crippen molar-refractivity contribution < 1.29 is 5.11 Å². The lowest BCUT2D eigenvalue weighted by atomic mass is 9.85. The van der Waals surface area contributed by atoms with Crippen LogP contribution in [-0.2, 0) is 0 Å². The summed E-state index contributed by atoms with van der Waals surface area (Å²) in [5, 5.41) is 18.2. The maximum Gasteiger partial charge on any atom is 0.138 e. The molecule has 0 saturated heterocycles. The van der Waals surface area contributed by atoms with E-state index >= 15 is 0 Å². The Morgan fingerprint density at radius 2 is 2.35 bits per heavy atom. The second-order valence-electron chi connectivity index (χ2n) is 6.69. The molecule has 0 amide bonds. The number of hydrogen-bond acceptors (Lipinski definition) is 4. The fourth-order valence-corrected chi connectivity index (χ4v) is 3.79. The highest BCUT2D eigenvalue weighted by Crippen LogP contribution is 2.39. The summed E-state index contributed by atoms with van der Waals surface area (Å²) in [5.74, 6) is 0. The van der Waals surface area contributed by atoms with Gasteiger partial charge in [0.1, 0.15) is 12.7 Å². The second kappa shape index (κ2) is 6.59. The van der Waals surface area contributed by atoms with Gasteiger partial charge in [0, 0.05) is 29.1 Å². The first-order valence-corrected chi connectivity index (χ1v) is 8.43. The Labute approximate surface area is 141 Å². The summed E-state index contributed by atoms with van der Waals surface area (Å²) < 4.78 is 1.69. The van der Waals surface area contributed by atoms with E-state index in [1.54, 1.807) is 11.0 Å². The van der Waals surface area contributed by atoms with Crippen LogP contribution in [0.15, 0.2) is 30.9 Å². The van der Waals surface area contributed by atoms with Crippen LogP contribution in [0.25, 0.3) is 5.69 Å². The number of nitrogens with one attached hydrogen (secondary N) is 1. The average Bonchev–Trinajstić information content (AvgIpc) is 3.18. The highest BCUT2D eigenvalue weighted by molar-refractivity contribution is 6.31. The molecule has 124 valence electrons. The van der Waals surface area contributed by atoms with Crippen LogP contribution in [0.4, 0.5) is 0 Å². The van der Waals surface area contributed by atoms with Crippen molar-refractivity contribution in [1.29, 1.82) is 0 Å². The molecule has 1 aliphatic carbocycles. The number of halogens is 1. The van der Waals surface area contributed by atoms with Crippen molar-refractivity contribution in [2.75, 3.05) is 6.61 Å². The Bertz CT molecular complexity index is 661. The van der Waals surface area contributed by atoms with Gasteiger partial charge >= 0.3 is 0 Å². The summed E-state index contributed by atoms with van der Waals surface area (Å²) in [6.45, 7) is 4.49. The minimum Gasteiger partial charge on any atom is -0.396 e. The van der Waals surface area contributed by atoms with Gasteiger partial charge in [-0.25, -0.2) is 9.67 Å². The molecule has 0 radical (unpaired) electrons. The smallest absolute Gasteiger partial charge is 0.138 e. The third-order valence-electron chi connectivity index (χ3n) is 5.03. The van der Waals surface area contributed by atoms with Crippen molar-refractivity contribution in [3.8, 4) is 5.69 Å². The third kappa shape index (κ3) is 3.27. The van der Waals surface area contributed by atoms with Gasteiger partial charge in [-0.05, 0) is 37.5 Å². The molecule has 23 heavy (non-hydrogen) atoms. The molecule has 3 unspecified atom stereocenters. The molecule has 1 aromatic carbocycles. The van der Waals surface area contributed by atoms with Gasteiger partial charge in [0.05, 0.1) is 5.69 Å². The molecule has 1 heterocycles. The number of aromatic nitrogens is 3. The first-order valence-electron chi connectivity index (χ1n) is 8.05. The Balaban J connectivity index is 1.76. The molecule has 3 atom stereocenters. The summed E-state index contributed by atoms with van der Waals surface area (Å²) >= 11 is 6.48. The lowest BCUT2D eigenvalue weighted by Gasteiger charge is -2.33. The van der Waals surface area contributed by atoms with Crippen molar-refractivity contribution in [3.05, 3.63) is 41.4 Å². The van der Waals surface area contributed by atoms with Crippen LogP contribution in [-0.4, -0.2) is 32.5 Å². The van der Waals surface area contributed by atoms with Crippen LogP contribution >= 0.6 is 11.6 Å². The minimum atomic E-state index is -0.0403. The number of rotatable bonds is 5. The number of nitrogens with zero attached hydrogens (tertiary/aromatic N) is 3. The molecular weight excluding hydrogens is 312 g/mol. The Hall–Kier alpha value is -1.43. The topological polar surface area (TPSA) is 63.0 Å². The lowest BCUT2D eigenvalue weighted by molar-refractivity contribution is 0.114. The normalized spacial score (nSPS) is 25.7. The van der Waals surface area contributed by atoms with Gasteiger partial charge in [0.15, 0.2) is 0 Å². The van der Waals surface area contributed by atoms with E-state index in [9.17, 15) is 5.11 Å². The van der Waals surface area contributed by atoms with Gasteiger partial charge < -0.3 is 10.4 Å². The molecule has 3 rings (SSSR count). The monoisotopic (exact) mass is 334 g/mol. The predicted molar refractivity (Wildman–Crippen MR) is 90.8 cm³/mol. The molecule has 2 aromatic rings. The zero-order chi connectivity index (χ0) is 16.4. The van der Waals surface area contributed by atoms with Gasteiger partial charge in [-0.2, -0.15) is 5.10 Å². The van der Waals surface area contributed by atoms with E-state index in [-0.39, 0.29) is 18.1 Å². The quantitative estimate of drug-likeness (QED) is 0.881. The molecule has 0 bridgehead atoms. The van der Waals surface area contributed by atoms with E-state index in [4.69, 9.17) is 11.6 Å². The summed E-state index contributed by atoms with van der Waals surface area (Å²) in [7, 11) is 0. The van der Waals surface area contributed by atoms with Gasteiger partial charge in [0.25, 0.3) is 0 Å². The Morgan fingerprint density at radius 3 is 3.00 bits per heavy atom. The fourth-order valence-electron chi connectivity index (χ4n) is 3.45. The molecule has 1 aliphatic rings. The van der Waals surface area contributed by atoms with E-state index in [0.29, 0.717) is 11.1 Å². The number of aliphatic hydroxyl groups excluding tert-OH is 1. The van der Waals surface area contributed by atoms with E-state index in [1.807, 2.05) is 18.2 Å². The van der Waals surface area contributed by atoms with Gasteiger partial charge in [-0.3, -0.25) is 0 Å². The maximum absolute atomic E-state index is 9.69. The van der Waals surface area contributed by atoms with Crippen LogP contribution in [0.1, 0.15) is 44.7 Å². The van der Waals surface area contributed by atoms with Gasteiger partial charge in [0.2, 0.25) is 0 Å². The van der Waals surface area contributed by atoms with Gasteiger partial charge in [-0.1, -0.05) is 31.0 Å². The summed E-state index contributed by atoms with van der Waals surface area (Å²) in [6.07, 6.45) is 6.46. The van der Waals surface area contributed by atoms with Crippen LogP contribution < -0.4 is 5.32 Å². The molecule has 1 fully saturated rings. The van der Waals surface area contributed by atoms with Crippen LogP contribution in [0.2, 0.25) is 5.02 Å². The van der Waals surface area contributed by atoms with Crippen LogP contribution in [0.5, 0.6) is 0 Å². The number of hydrogen-bond donors (Lipinski definition) is 2. The zero-order valence-corrected chi connectivity index (χ0v) is 14.3. The van der Waals surface area contributed by atoms with Crippen LogP contribution in [0.3, 0.4) is 0 Å². The molecule has 2 N–H and O–H groups in total. The third-order valence-corrected chi connectivity index (χ3v) is 5.36. The molecule has 0 aliphatic heterocycles. The lowest BCUT2D eigenvalue weighted by Crippen LogP contribution is -2.42. The Kier molecular flexibility index (Phi) is 4.71. The molecule has 1 saturated carbocycles. The predicted octanol–water partition coefficient (Wildman–Crippen LogP) is 3.12. The van der Waals surface area contributed by atoms with Crippen molar-refractivity contribution in [2.24, 2.45) is 5.41 Å².